The molecule has 0 aliphatic carbocycles. The van der Waals surface area contributed by atoms with Gasteiger partial charge in [-0.25, -0.2) is 0 Å². The lowest BCUT2D eigenvalue weighted by atomic mass is 10.1. The fraction of sp³-hybridized carbons (Fsp3) is 0.917. The van der Waals surface area contributed by atoms with Gasteiger partial charge in [0, 0.05) is 19.0 Å². The van der Waals surface area contributed by atoms with Crippen molar-refractivity contribution in [3.8, 4) is 0 Å². The number of carbonyl (C=O) groups is 1. The first kappa shape index (κ1) is 11.5. The molecule has 0 bridgehead atoms. The lowest BCUT2D eigenvalue weighted by Crippen LogP contribution is -2.33. The Morgan fingerprint density at radius 1 is 1.36 bits per heavy atom. The van der Waals surface area contributed by atoms with Crippen LogP contribution in [0.5, 0.6) is 0 Å². The predicted molar refractivity (Wildman–Crippen MR) is 59.2 cm³/mol. The number of likely N-dealkylation sites (tertiary alicyclic amines) is 1. The molecule has 1 rings (SSSR count). The Hall–Kier alpha value is -0.530. The summed E-state index contributed by atoms with van der Waals surface area (Å²) >= 11 is 0. The van der Waals surface area contributed by atoms with E-state index in [1.807, 2.05) is 0 Å². The van der Waals surface area contributed by atoms with Gasteiger partial charge in [-0.15, -0.1) is 0 Å². The molecule has 1 heterocycles. The van der Waals surface area contributed by atoms with Crippen molar-refractivity contribution < 1.29 is 4.79 Å². The normalized spacial score (nSPS) is 21.6. The van der Waals surface area contributed by atoms with Crippen LogP contribution >= 0.6 is 0 Å². The van der Waals surface area contributed by atoms with E-state index in [9.17, 15) is 4.79 Å². The minimum absolute atomic E-state index is 0.381. The SMILES string of the molecule is CCCCCCC(=O)N1CCCC1C. The van der Waals surface area contributed by atoms with Crippen LogP contribution in [0.2, 0.25) is 0 Å². The summed E-state index contributed by atoms with van der Waals surface area (Å²) in [5.74, 6) is 0.381. The molecular weight excluding hydrogens is 174 g/mol. The van der Waals surface area contributed by atoms with Crippen LogP contribution in [0, 0.1) is 0 Å². The Balaban J connectivity index is 2.14. The van der Waals surface area contributed by atoms with Crippen molar-refractivity contribution in [2.75, 3.05) is 6.54 Å². The average molecular weight is 197 g/mol. The molecule has 1 aliphatic rings. The van der Waals surface area contributed by atoms with Gasteiger partial charge >= 0.3 is 0 Å². The molecule has 2 nitrogen and oxygen atoms in total. The smallest absolute Gasteiger partial charge is 0.222 e. The summed E-state index contributed by atoms with van der Waals surface area (Å²) in [5.41, 5.74) is 0. The Kier molecular flexibility index (Phi) is 4.99. The number of unbranched alkanes of at least 4 members (excludes halogenated alkanes) is 3. The van der Waals surface area contributed by atoms with Crippen molar-refractivity contribution in [2.24, 2.45) is 0 Å². The highest BCUT2D eigenvalue weighted by molar-refractivity contribution is 5.76. The van der Waals surface area contributed by atoms with Gasteiger partial charge in [0.25, 0.3) is 0 Å². The number of carbonyl (C=O) groups excluding carboxylic acids is 1. The van der Waals surface area contributed by atoms with E-state index in [4.69, 9.17) is 0 Å². The third-order valence-electron chi connectivity index (χ3n) is 3.12. The maximum absolute atomic E-state index is 11.7. The van der Waals surface area contributed by atoms with Crippen LogP contribution in [0.25, 0.3) is 0 Å². The van der Waals surface area contributed by atoms with Gasteiger partial charge < -0.3 is 4.90 Å². The molecule has 0 aromatic rings. The first-order valence-electron chi connectivity index (χ1n) is 6.05. The van der Waals surface area contributed by atoms with E-state index in [0.29, 0.717) is 11.9 Å². The summed E-state index contributed by atoms with van der Waals surface area (Å²) < 4.78 is 0. The molecule has 1 aliphatic heterocycles. The van der Waals surface area contributed by atoms with Crippen LogP contribution in [0.15, 0.2) is 0 Å². The highest BCUT2D eigenvalue weighted by Gasteiger charge is 2.23. The minimum Gasteiger partial charge on any atom is -0.340 e. The molecule has 1 fully saturated rings. The standard InChI is InChI=1S/C12H23NO/c1-3-4-5-6-9-12(14)13-10-7-8-11(13)2/h11H,3-10H2,1-2H3. The van der Waals surface area contributed by atoms with E-state index in [0.717, 1.165) is 19.4 Å². The summed E-state index contributed by atoms with van der Waals surface area (Å²) in [5, 5.41) is 0. The molecule has 0 spiro atoms. The quantitative estimate of drug-likeness (QED) is 0.620. The van der Waals surface area contributed by atoms with Crippen molar-refractivity contribution in [2.45, 2.75) is 64.8 Å². The fourth-order valence-corrected chi connectivity index (χ4v) is 2.15. The van der Waals surface area contributed by atoms with Crippen LogP contribution in [-0.4, -0.2) is 23.4 Å². The van der Waals surface area contributed by atoms with Crippen molar-refractivity contribution in [1.82, 2.24) is 4.90 Å². The second-order valence-electron chi connectivity index (χ2n) is 4.39. The van der Waals surface area contributed by atoms with E-state index >= 15 is 0 Å². The Morgan fingerprint density at radius 3 is 2.71 bits per heavy atom. The maximum atomic E-state index is 11.7. The van der Waals surface area contributed by atoms with Crippen LogP contribution in [0.3, 0.4) is 0 Å². The van der Waals surface area contributed by atoms with Crippen molar-refractivity contribution in [1.29, 1.82) is 0 Å². The van der Waals surface area contributed by atoms with Crippen LogP contribution in [-0.2, 0) is 4.79 Å². The lowest BCUT2D eigenvalue weighted by molar-refractivity contribution is -0.131. The lowest BCUT2D eigenvalue weighted by Gasteiger charge is -2.21. The van der Waals surface area contributed by atoms with Gasteiger partial charge in [0.1, 0.15) is 0 Å². The van der Waals surface area contributed by atoms with Crippen molar-refractivity contribution in [3.63, 3.8) is 0 Å². The number of hydrogen-bond acceptors (Lipinski definition) is 1. The van der Waals surface area contributed by atoms with Gasteiger partial charge in [-0.3, -0.25) is 4.79 Å². The first-order valence-corrected chi connectivity index (χ1v) is 6.05. The van der Waals surface area contributed by atoms with Crippen LogP contribution in [0.4, 0.5) is 0 Å². The summed E-state index contributed by atoms with van der Waals surface area (Å²) in [6.07, 6.45) is 7.96. The molecule has 1 amide bonds. The molecule has 0 saturated carbocycles. The molecule has 2 heteroatoms. The predicted octanol–water partition coefficient (Wildman–Crippen LogP) is 2.97. The van der Waals surface area contributed by atoms with Crippen molar-refractivity contribution >= 4 is 5.91 Å². The van der Waals surface area contributed by atoms with E-state index in [-0.39, 0.29) is 0 Å². The van der Waals surface area contributed by atoms with Gasteiger partial charge in [-0.2, -0.15) is 0 Å². The topological polar surface area (TPSA) is 20.3 Å². The van der Waals surface area contributed by atoms with E-state index in [1.54, 1.807) is 0 Å². The van der Waals surface area contributed by atoms with Crippen molar-refractivity contribution in [3.05, 3.63) is 0 Å². The molecule has 0 N–H and O–H groups in total. The summed E-state index contributed by atoms with van der Waals surface area (Å²) in [6, 6.07) is 0.494. The Labute approximate surface area is 87.7 Å². The summed E-state index contributed by atoms with van der Waals surface area (Å²) in [4.78, 5) is 13.8. The van der Waals surface area contributed by atoms with Crippen LogP contribution < -0.4 is 0 Å². The summed E-state index contributed by atoms with van der Waals surface area (Å²) in [6.45, 7) is 5.36. The molecule has 0 radical (unpaired) electrons. The Morgan fingerprint density at radius 2 is 2.14 bits per heavy atom. The van der Waals surface area contributed by atoms with E-state index in [2.05, 4.69) is 18.7 Å². The van der Waals surface area contributed by atoms with Gasteiger partial charge in [0.05, 0.1) is 0 Å². The zero-order valence-electron chi connectivity index (χ0n) is 9.59. The largest absolute Gasteiger partial charge is 0.340 e. The first-order chi connectivity index (χ1) is 6.75. The molecule has 1 atom stereocenters. The van der Waals surface area contributed by atoms with Gasteiger partial charge in [-0.05, 0) is 26.2 Å². The van der Waals surface area contributed by atoms with E-state index in [1.165, 1.54) is 32.1 Å². The van der Waals surface area contributed by atoms with Crippen LogP contribution in [0.1, 0.15) is 58.8 Å². The molecule has 14 heavy (non-hydrogen) atoms. The maximum Gasteiger partial charge on any atom is 0.222 e. The number of nitrogens with zero attached hydrogens (tertiary/aromatic N) is 1. The average Bonchev–Trinajstić information content (AvgIpc) is 2.59. The Bertz CT molecular complexity index is 179. The molecule has 0 aromatic heterocycles. The van der Waals surface area contributed by atoms with E-state index < -0.39 is 0 Å². The zero-order valence-corrected chi connectivity index (χ0v) is 9.59. The zero-order chi connectivity index (χ0) is 10.4. The highest BCUT2D eigenvalue weighted by atomic mass is 16.2. The number of hydrogen-bond donors (Lipinski definition) is 0. The van der Waals surface area contributed by atoms with Gasteiger partial charge in [-0.1, -0.05) is 26.2 Å². The minimum atomic E-state index is 0.381. The second kappa shape index (κ2) is 6.05. The van der Waals surface area contributed by atoms with Gasteiger partial charge in [0.2, 0.25) is 5.91 Å². The third-order valence-corrected chi connectivity index (χ3v) is 3.12. The molecule has 82 valence electrons. The molecule has 0 aromatic carbocycles. The molecule has 1 saturated heterocycles. The van der Waals surface area contributed by atoms with Gasteiger partial charge in [0.15, 0.2) is 0 Å². The second-order valence-corrected chi connectivity index (χ2v) is 4.39. The highest BCUT2D eigenvalue weighted by Crippen LogP contribution is 2.18. The molecule has 1 unspecified atom stereocenters. The number of amides is 1. The summed E-state index contributed by atoms with van der Waals surface area (Å²) in [7, 11) is 0. The monoisotopic (exact) mass is 197 g/mol. The fourth-order valence-electron chi connectivity index (χ4n) is 2.15. The third kappa shape index (κ3) is 3.32. The molecular formula is C12H23NO. The number of rotatable bonds is 5.